The Hall–Kier alpha value is -2.72. The minimum absolute atomic E-state index is 0.00791. The van der Waals surface area contributed by atoms with Crippen molar-refractivity contribution in [2.45, 2.75) is 13.8 Å². The number of hydrogen-bond acceptors (Lipinski definition) is 3. The lowest BCUT2D eigenvalue weighted by Crippen LogP contribution is -2.37. The van der Waals surface area contributed by atoms with Crippen molar-refractivity contribution in [3.63, 3.8) is 0 Å². The molecule has 0 atom stereocenters. The van der Waals surface area contributed by atoms with Crippen LogP contribution in [-0.2, 0) is 0 Å². The van der Waals surface area contributed by atoms with E-state index in [0.717, 1.165) is 34.4 Å². The molecule has 0 aliphatic carbocycles. The van der Waals surface area contributed by atoms with E-state index in [1.807, 2.05) is 81.4 Å². The van der Waals surface area contributed by atoms with Gasteiger partial charge in [-0.3, -0.25) is 9.78 Å². The van der Waals surface area contributed by atoms with Crippen molar-refractivity contribution in [3.05, 3.63) is 71.4 Å². The number of para-hydroxylation sites is 1. The van der Waals surface area contributed by atoms with Gasteiger partial charge in [0.1, 0.15) is 0 Å². The molecule has 0 saturated heterocycles. The molecule has 0 spiro atoms. The highest BCUT2D eigenvalue weighted by molar-refractivity contribution is 6.08. The molecule has 1 aromatic heterocycles. The zero-order valence-corrected chi connectivity index (χ0v) is 15.9. The van der Waals surface area contributed by atoms with E-state index in [9.17, 15) is 4.79 Å². The summed E-state index contributed by atoms with van der Waals surface area (Å²) in [6.07, 6.45) is 0. The fourth-order valence-corrected chi connectivity index (χ4v) is 3.01. The second-order valence-electron chi connectivity index (χ2n) is 6.91. The molecule has 0 radical (unpaired) electrons. The molecule has 0 N–H and O–H groups in total. The molecule has 1 heterocycles. The number of carbonyl (C=O) groups is 1. The van der Waals surface area contributed by atoms with Crippen molar-refractivity contribution in [1.82, 2.24) is 9.88 Å². The van der Waals surface area contributed by atoms with Gasteiger partial charge < -0.3 is 9.80 Å². The van der Waals surface area contributed by atoms with Gasteiger partial charge in [-0.2, -0.15) is 0 Å². The Kier molecular flexibility index (Phi) is 5.33. The maximum Gasteiger partial charge on any atom is 0.260 e. The van der Waals surface area contributed by atoms with Crippen molar-refractivity contribution >= 4 is 22.5 Å². The number of amides is 1. The first-order chi connectivity index (χ1) is 12.5. The fraction of sp³-hybridized carbons (Fsp3) is 0.273. The molecule has 0 unspecified atom stereocenters. The van der Waals surface area contributed by atoms with Crippen LogP contribution in [0.4, 0.5) is 5.69 Å². The summed E-state index contributed by atoms with van der Waals surface area (Å²) >= 11 is 0. The average molecular weight is 347 g/mol. The number of aromatic nitrogens is 1. The summed E-state index contributed by atoms with van der Waals surface area (Å²) in [7, 11) is 4.03. The van der Waals surface area contributed by atoms with E-state index in [1.54, 1.807) is 0 Å². The third-order valence-electron chi connectivity index (χ3n) is 4.48. The second-order valence-corrected chi connectivity index (χ2v) is 6.91. The number of likely N-dealkylation sites (N-methyl/N-ethyl adjacent to an activating group) is 1. The van der Waals surface area contributed by atoms with Gasteiger partial charge in [0.15, 0.2) is 0 Å². The van der Waals surface area contributed by atoms with Crippen molar-refractivity contribution < 1.29 is 4.79 Å². The highest BCUT2D eigenvalue weighted by Crippen LogP contribution is 2.22. The molecule has 1 amide bonds. The summed E-state index contributed by atoms with van der Waals surface area (Å²) in [6.45, 7) is 5.37. The molecular formula is C22H25N3O. The summed E-state index contributed by atoms with van der Waals surface area (Å²) in [5, 5.41) is 1.000. The Labute approximate surface area is 155 Å². The lowest BCUT2D eigenvalue weighted by Gasteiger charge is -2.25. The van der Waals surface area contributed by atoms with Gasteiger partial charge in [0.25, 0.3) is 5.91 Å². The van der Waals surface area contributed by atoms with E-state index in [1.165, 1.54) is 0 Å². The lowest BCUT2D eigenvalue weighted by atomic mass is 10.1. The molecule has 4 nitrogen and oxygen atoms in total. The number of benzene rings is 2. The summed E-state index contributed by atoms with van der Waals surface area (Å²) in [5.41, 5.74) is 4.41. The van der Waals surface area contributed by atoms with Crippen molar-refractivity contribution in [2.75, 3.05) is 32.1 Å². The molecule has 134 valence electrons. The summed E-state index contributed by atoms with van der Waals surface area (Å²) < 4.78 is 0. The first-order valence-corrected chi connectivity index (χ1v) is 8.85. The zero-order chi connectivity index (χ0) is 18.7. The Morgan fingerprint density at radius 2 is 1.69 bits per heavy atom. The predicted molar refractivity (Wildman–Crippen MR) is 108 cm³/mol. The molecule has 0 bridgehead atoms. The molecule has 0 aliphatic heterocycles. The Bertz CT molecular complexity index is 919. The number of anilines is 1. The number of fused-ring (bicyclic) bond motifs is 1. The van der Waals surface area contributed by atoms with Crippen LogP contribution in [0.15, 0.2) is 54.6 Å². The van der Waals surface area contributed by atoms with Crippen molar-refractivity contribution in [3.8, 4) is 0 Å². The van der Waals surface area contributed by atoms with Gasteiger partial charge in [0, 0.05) is 24.2 Å². The van der Waals surface area contributed by atoms with Crippen molar-refractivity contribution in [1.29, 1.82) is 0 Å². The number of aryl methyl sites for hydroxylation is 2. The van der Waals surface area contributed by atoms with Gasteiger partial charge in [-0.1, -0.05) is 29.8 Å². The Balaban J connectivity index is 2.03. The van der Waals surface area contributed by atoms with Crippen LogP contribution in [0.2, 0.25) is 0 Å². The quantitative estimate of drug-likeness (QED) is 0.698. The molecule has 0 fully saturated rings. The molecule has 26 heavy (non-hydrogen) atoms. The molecule has 0 aliphatic rings. The largest absolute Gasteiger partial charge is 0.308 e. The number of rotatable bonds is 5. The van der Waals surface area contributed by atoms with Gasteiger partial charge >= 0.3 is 0 Å². The number of carbonyl (C=O) groups excluding carboxylic acids is 1. The van der Waals surface area contributed by atoms with E-state index in [0.29, 0.717) is 12.1 Å². The maximum absolute atomic E-state index is 13.4. The van der Waals surface area contributed by atoms with Gasteiger partial charge in [0.05, 0.1) is 16.8 Å². The third kappa shape index (κ3) is 3.92. The molecular weight excluding hydrogens is 322 g/mol. The van der Waals surface area contributed by atoms with Crippen LogP contribution in [0.1, 0.15) is 21.6 Å². The van der Waals surface area contributed by atoms with E-state index < -0.39 is 0 Å². The van der Waals surface area contributed by atoms with Crippen LogP contribution in [0.25, 0.3) is 10.9 Å². The molecule has 3 rings (SSSR count). The van der Waals surface area contributed by atoms with E-state index in [2.05, 4.69) is 16.0 Å². The van der Waals surface area contributed by atoms with Gasteiger partial charge in [0.2, 0.25) is 0 Å². The van der Waals surface area contributed by atoms with E-state index in [-0.39, 0.29) is 5.91 Å². The Morgan fingerprint density at radius 3 is 2.38 bits per heavy atom. The van der Waals surface area contributed by atoms with Crippen LogP contribution >= 0.6 is 0 Å². The number of nitrogens with zero attached hydrogens (tertiary/aromatic N) is 3. The first kappa shape index (κ1) is 18.1. The molecule has 0 saturated carbocycles. The average Bonchev–Trinajstić information content (AvgIpc) is 2.62. The first-order valence-electron chi connectivity index (χ1n) is 8.85. The smallest absolute Gasteiger partial charge is 0.260 e. The van der Waals surface area contributed by atoms with Crippen LogP contribution < -0.4 is 4.90 Å². The van der Waals surface area contributed by atoms with Crippen molar-refractivity contribution in [2.24, 2.45) is 0 Å². The van der Waals surface area contributed by atoms with Crippen LogP contribution in [0.5, 0.6) is 0 Å². The third-order valence-corrected chi connectivity index (χ3v) is 4.48. The second kappa shape index (κ2) is 7.67. The normalized spacial score (nSPS) is 11.1. The zero-order valence-electron chi connectivity index (χ0n) is 15.9. The predicted octanol–water partition coefficient (Wildman–Crippen LogP) is 4.06. The molecule has 4 heteroatoms. The van der Waals surface area contributed by atoms with E-state index >= 15 is 0 Å². The molecule has 2 aromatic carbocycles. The Morgan fingerprint density at radius 1 is 0.962 bits per heavy atom. The highest BCUT2D eigenvalue weighted by Gasteiger charge is 2.20. The minimum Gasteiger partial charge on any atom is -0.308 e. The number of hydrogen-bond donors (Lipinski definition) is 0. The highest BCUT2D eigenvalue weighted by atomic mass is 16.2. The topological polar surface area (TPSA) is 36.4 Å². The minimum atomic E-state index is -0.00791. The SMILES string of the molecule is Cc1ccc2nc(C)c(C(=O)N(CCN(C)C)c3ccccc3)cc2c1. The van der Waals surface area contributed by atoms with Crippen LogP contribution in [0, 0.1) is 13.8 Å². The number of pyridine rings is 1. The summed E-state index contributed by atoms with van der Waals surface area (Å²) in [4.78, 5) is 21.9. The van der Waals surface area contributed by atoms with Gasteiger partial charge in [-0.15, -0.1) is 0 Å². The lowest BCUT2D eigenvalue weighted by molar-refractivity contribution is 0.0984. The maximum atomic E-state index is 13.4. The monoisotopic (exact) mass is 347 g/mol. The summed E-state index contributed by atoms with van der Waals surface area (Å²) in [6, 6.07) is 17.9. The van der Waals surface area contributed by atoms with Crippen LogP contribution in [-0.4, -0.2) is 43.0 Å². The molecule has 3 aromatic rings. The van der Waals surface area contributed by atoms with Gasteiger partial charge in [-0.25, -0.2) is 0 Å². The summed E-state index contributed by atoms with van der Waals surface area (Å²) in [5.74, 6) is -0.00791. The van der Waals surface area contributed by atoms with Gasteiger partial charge in [-0.05, 0) is 58.3 Å². The van der Waals surface area contributed by atoms with E-state index in [4.69, 9.17) is 0 Å². The standard InChI is InChI=1S/C22H25N3O/c1-16-10-11-21-18(14-16)15-20(17(2)23-21)22(26)25(13-12-24(3)4)19-8-6-5-7-9-19/h5-11,14-15H,12-13H2,1-4H3. The van der Waals surface area contributed by atoms with Crippen LogP contribution in [0.3, 0.4) is 0 Å². The fourth-order valence-electron chi connectivity index (χ4n) is 3.01.